The van der Waals surface area contributed by atoms with Crippen LogP contribution in [0.2, 0.25) is 0 Å². The number of rotatable bonds is 3. The molecule has 0 spiro atoms. The molecule has 2 atom stereocenters. The van der Waals surface area contributed by atoms with Crippen molar-refractivity contribution in [2.75, 3.05) is 31.1 Å². The highest BCUT2D eigenvalue weighted by Crippen LogP contribution is 2.24. The lowest BCUT2D eigenvalue weighted by Crippen LogP contribution is -2.47. The number of carbonyl (C=O) groups excluding carboxylic acids is 2. The number of nitrogens with zero attached hydrogens (tertiary/aromatic N) is 2. The van der Waals surface area contributed by atoms with Gasteiger partial charge in [0.1, 0.15) is 0 Å². The van der Waals surface area contributed by atoms with Gasteiger partial charge in [0.2, 0.25) is 5.91 Å². The van der Waals surface area contributed by atoms with Gasteiger partial charge >= 0.3 is 0 Å². The van der Waals surface area contributed by atoms with E-state index in [9.17, 15) is 19.8 Å². The van der Waals surface area contributed by atoms with Crippen LogP contribution < -0.4 is 4.90 Å². The van der Waals surface area contributed by atoms with Gasteiger partial charge in [0.15, 0.2) is 0 Å². The van der Waals surface area contributed by atoms with Gasteiger partial charge in [-0.15, -0.1) is 0 Å². The molecule has 0 saturated carbocycles. The van der Waals surface area contributed by atoms with Gasteiger partial charge in [0, 0.05) is 49.8 Å². The monoisotopic (exact) mass is 318 g/mol. The van der Waals surface area contributed by atoms with Crippen LogP contribution in [0.3, 0.4) is 0 Å². The second-order valence-electron chi connectivity index (χ2n) is 6.25. The van der Waals surface area contributed by atoms with Crippen LogP contribution in [0.5, 0.6) is 0 Å². The standard InChI is InChI=1S/C17H22N2O4/c20-11-13-6-8-18(10-15(13)21)17(23)12-3-1-4-14(9-12)19-7-2-5-16(19)22/h1,3-4,9,13,15,20-21H,2,5-8,10-11H2/t13-,15-/m1/s1. The van der Waals surface area contributed by atoms with Gasteiger partial charge in [0.05, 0.1) is 6.10 Å². The Kier molecular flexibility index (Phi) is 4.63. The van der Waals surface area contributed by atoms with E-state index in [0.717, 1.165) is 12.1 Å². The summed E-state index contributed by atoms with van der Waals surface area (Å²) in [5.41, 5.74) is 1.28. The van der Waals surface area contributed by atoms with E-state index in [0.29, 0.717) is 31.5 Å². The Bertz CT molecular complexity index is 604. The lowest BCUT2D eigenvalue weighted by molar-refractivity contribution is -0.117. The summed E-state index contributed by atoms with van der Waals surface area (Å²) in [6.45, 7) is 1.39. The first-order valence-corrected chi connectivity index (χ1v) is 8.09. The van der Waals surface area contributed by atoms with E-state index in [4.69, 9.17) is 0 Å². The van der Waals surface area contributed by atoms with Crippen molar-refractivity contribution < 1.29 is 19.8 Å². The molecule has 2 saturated heterocycles. The van der Waals surface area contributed by atoms with Crippen molar-refractivity contribution in [3.63, 3.8) is 0 Å². The normalized spacial score (nSPS) is 25.0. The molecule has 1 aromatic carbocycles. The maximum Gasteiger partial charge on any atom is 0.254 e. The number of benzene rings is 1. The van der Waals surface area contributed by atoms with Crippen molar-refractivity contribution >= 4 is 17.5 Å². The molecule has 2 aliphatic rings. The molecule has 2 fully saturated rings. The van der Waals surface area contributed by atoms with Crippen LogP contribution in [0.15, 0.2) is 24.3 Å². The van der Waals surface area contributed by atoms with Crippen molar-refractivity contribution in [3.8, 4) is 0 Å². The number of amides is 2. The minimum atomic E-state index is -0.693. The topological polar surface area (TPSA) is 81.1 Å². The molecular weight excluding hydrogens is 296 g/mol. The van der Waals surface area contributed by atoms with E-state index in [2.05, 4.69) is 0 Å². The van der Waals surface area contributed by atoms with Crippen molar-refractivity contribution in [2.24, 2.45) is 5.92 Å². The van der Waals surface area contributed by atoms with Crippen LogP contribution in [0, 0.1) is 5.92 Å². The van der Waals surface area contributed by atoms with Gasteiger partial charge in [-0.3, -0.25) is 9.59 Å². The predicted molar refractivity (Wildman–Crippen MR) is 85.1 cm³/mol. The molecule has 0 aliphatic carbocycles. The number of piperidine rings is 1. The SMILES string of the molecule is O=C(c1cccc(N2CCCC2=O)c1)N1CC[C@H](CO)[C@H](O)C1. The number of anilines is 1. The Hall–Kier alpha value is -1.92. The zero-order chi connectivity index (χ0) is 16.4. The quantitative estimate of drug-likeness (QED) is 0.856. The minimum absolute atomic E-state index is 0.0598. The number of hydrogen-bond donors (Lipinski definition) is 2. The first-order valence-electron chi connectivity index (χ1n) is 8.09. The average molecular weight is 318 g/mol. The molecule has 0 bridgehead atoms. The molecule has 3 rings (SSSR count). The average Bonchev–Trinajstić information content (AvgIpc) is 3.00. The highest BCUT2D eigenvalue weighted by Gasteiger charge is 2.30. The van der Waals surface area contributed by atoms with Crippen molar-refractivity contribution in [1.82, 2.24) is 4.90 Å². The van der Waals surface area contributed by atoms with Gasteiger partial charge in [-0.1, -0.05) is 6.07 Å². The lowest BCUT2D eigenvalue weighted by atomic mass is 9.94. The van der Waals surface area contributed by atoms with Crippen LogP contribution in [0.1, 0.15) is 29.6 Å². The van der Waals surface area contributed by atoms with Gasteiger partial charge in [-0.2, -0.15) is 0 Å². The summed E-state index contributed by atoms with van der Waals surface area (Å²) in [5.74, 6) is -0.213. The predicted octanol–water partition coefficient (Wildman–Crippen LogP) is 0.629. The van der Waals surface area contributed by atoms with Crippen molar-refractivity contribution in [3.05, 3.63) is 29.8 Å². The number of aliphatic hydroxyl groups is 2. The fourth-order valence-electron chi connectivity index (χ4n) is 3.29. The molecule has 6 nitrogen and oxygen atoms in total. The summed E-state index contributed by atoms with van der Waals surface area (Å²) in [6.07, 6.45) is 1.30. The molecule has 23 heavy (non-hydrogen) atoms. The fraction of sp³-hybridized carbons (Fsp3) is 0.529. The zero-order valence-corrected chi connectivity index (χ0v) is 13.0. The van der Waals surface area contributed by atoms with E-state index < -0.39 is 6.10 Å². The second-order valence-corrected chi connectivity index (χ2v) is 6.25. The Morgan fingerprint density at radius 1 is 1.30 bits per heavy atom. The van der Waals surface area contributed by atoms with Crippen LogP contribution >= 0.6 is 0 Å². The van der Waals surface area contributed by atoms with E-state index >= 15 is 0 Å². The highest BCUT2D eigenvalue weighted by molar-refractivity contribution is 5.99. The van der Waals surface area contributed by atoms with Crippen LogP contribution in [-0.2, 0) is 4.79 Å². The van der Waals surface area contributed by atoms with Crippen molar-refractivity contribution in [1.29, 1.82) is 0 Å². The van der Waals surface area contributed by atoms with E-state index in [1.165, 1.54) is 0 Å². The molecule has 2 amide bonds. The third-order valence-corrected chi connectivity index (χ3v) is 4.72. The Balaban J connectivity index is 1.74. The van der Waals surface area contributed by atoms with Crippen molar-refractivity contribution in [2.45, 2.75) is 25.4 Å². The smallest absolute Gasteiger partial charge is 0.254 e. The summed E-state index contributed by atoms with van der Waals surface area (Å²) < 4.78 is 0. The first-order chi connectivity index (χ1) is 11.1. The summed E-state index contributed by atoms with van der Waals surface area (Å²) in [5, 5.41) is 19.2. The Morgan fingerprint density at radius 2 is 2.13 bits per heavy atom. The van der Waals surface area contributed by atoms with Crippen LogP contribution in [-0.4, -0.2) is 59.3 Å². The summed E-state index contributed by atoms with van der Waals surface area (Å²) in [7, 11) is 0. The van der Waals surface area contributed by atoms with E-state index in [1.807, 2.05) is 6.07 Å². The molecule has 0 radical (unpaired) electrons. The summed E-state index contributed by atoms with van der Waals surface area (Å²) in [4.78, 5) is 27.8. The zero-order valence-electron chi connectivity index (χ0n) is 13.0. The molecule has 0 unspecified atom stereocenters. The highest BCUT2D eigenvalue weighted by atomic mass is 16.3. The number of β-amino-alcohol motifs (C(OH)–C–C–N with tert-alkyl or cyclic N) is 1. The largest absolute Gasteiger partial charge is 0.396 e. The number of aliphatic hydroxyl groups excluding tert-OH is 2. The lowest BCUT2D eigenvalue weighted by Gasteiger charge is -2.35. The molecule has 1 aromatic rings. The maximum atomic E-state index is 12.6. The van der Waals surface area contributed by atoms with E-state index in [-0.39, 0.29) is 30.9 Å². The number of carbonyl (C=O) groups is 2. The Labute approximate surface area is 135 Å². The molecule has 6 heteroatoms. The molecule has 2 N–H and O–H groups in total. The molecule has 0 aromatic heterocycles. The first kappa shape index (κ1) is 16.0. The fourth-order valence-corrected chi connectivity index (χ4v) is 3.29. The molecule has 124 valence electrons. The minimum Gasteiger partial charge on any atom is -0.396 e. The molecule has 2 aliphatic heterocycles. The second kappa shape index (κ2) is 6.68. The maximum absolute atomic E-state index is 12.6. The third kappa shape index (κ3) is 3.23. The number of likely N-dealkylation sites (tertiary alicyclic amines) is 1. The van der Waals surface area contributed by atoms with Gasteiger partial charge in [0.25, 0.3) is 5.91 Å². The third-order valence-electron chi connectivity index (χ3n) is 4.72. The van der Waals surface area contributed by atoms with Gasteiger partial charge < -0.3 is 20.0 Å². The van der Waals surface area contributed by atoms with Gasteiger partial charge in [-0.05, 0) is 31.0 Å². The molecule has 2 heterocycles. The van der Waals surface area contributed by atoms with Crippen LogP contribution in [0.25, 0.3) is 0 Å². The summed E-state index contributed by atoms with van der Waals surface area (Å²) >= 11 is 0. The number of hydrogen-bond acceptors (Lipinski definition) is 4. The van der Waals surface area contributed by atoms with Gasteiger partial charge in [-0.25, -0.2) is 0 Å². The summed E-state index contributed by atoms with van der Waals surface area (Å²) in [6, 6.07) is 7.10. The van der Waals surface area contributed by atoms with E-state index in [1.54, 1.807) is 28.0 Å². The molecular formula is C17H22N2O4. The Morgan fingerprint density at radius 3 is 2.78 bits per heavy atom. The van der Waals surface area contributed by atoms with Crippen LogP contribution in [0.4, 0.5) is 5.69 Å².